The van der Waals surface area contributed by atoms with Crippen LogP contribution in [-0.2, 0) is 0 Å². The lowest BCUT2D eigenvalue weighted by atomic mass is 10.1. The van der Waals surface area contributed by atoms with E-state index in [1.165, 1.54) is 6.20 Å². The molecule has 15 heavy (non-hydrogen) atoms. The van der Waals surface area contributed by atoms with Gasteiger partial charge in [0.05, 0.1) is 4.92 Å². The van der Waals surface area contributed by atoms with Crippen LogP contribution in [0.3, 0.4) is 0 Å². The van der Waals surface area contributed by atoms with Crippen LogP contribution in [0.2, 0.25) is 0 Å². The van der Waals surface area contributed by atoms with E-state index >= 15 is 0 Å². The number of thiazole rings is 1. The first-order valence-corrected chi connectivity index (χ1v) is 5.43. The van der Waals surface area contributed by atoms with Gasteiger partial charge in [-0.25, -0.2) is 4.98 Å². The molecule has 0 radical (unpaired) electrons. The second kappa shape index (κ2) is 5.04. The summed E-state index contributed by atoms with van der Waals surface area (Å²) in [5, 5.41) is 14.1. The molecule has 0 aromatic carbocycles. The smallest absolute Gasteiger partial charge is 0.345 e. The number of nitro groups is 1. The van der Waals surface area contributed by atoms with E-state index in [1.807, 2.05) is 13.8 Å². The predicted molar refractivity (Wildman–Crippen MR) is 60.1 cm³/mol. The fourth-order valence-corrected chi connectivity index (χ4v) is 1.77. The first kappa shape index (κ1) is 11.9. The predicted octanol–water partition coefficient (Wildman–Crippen LogP) is 1.45. The summed E-state index contributed by atoms with van der Waals surface area (Å²) in [5.74, 6) is 0.359. The Bertz CT molecular complexity index is 339. The third kappa shape index (κ3) is 3.14. The van der Waals surface area contributed by atoms with Gasteiger partial charge in [0.15, 0.2) is 5.13 Å². The molecular weight excluding hydrogens is 216 g/mol. The average Bonchev–Trinajstić information content (AvgIpc) is 2.61. The summed E-state index contributed by atoms with van der Waals surface area (Å²) in [6.45, 7) is 4.55. The molecule has 1 heterocycles. The third-order valence-corrected chi connectivity index (χ3v) is 2.92. The Kier molecular flexibility index (Phi) is 3.98. The summed E-state index contributed by atoms with van der Waals surface area (Å²) in [6.07, 6.45) is 1.25. The number of nitrogens with one attached hydrogen (secondary N) is 1. The minimum atomic E-state index is -0.449. The molecule has 84 valence electrons. The molecular formula is C8H14N4O2S. The number of hydrogen-bond donors (Lipinski definition) is 2. The second-order valence-electron chi connectivity index (χ2n) is 3.49. The van der Waals surface area contributed by atoms with Crippen LogP contribution in [0.1, 0.15) is 13.8 Å². The molecule has 0 aliphatic rings. The van der Waals surface area contributed by atoms with Crippen LogP contribution >= 0.6 is 11.3 Å². The number of nitrogens with two attached hydrogens (primary N) is 1. The average molecular weight is 230 g/mol. The molecule has 1 atom stereocenters. The van der Waals surface area contributed by atoms with Crippen LogP contribution < -0.4 is 11.1 Å². The third-order valence-electron chi connectivity index (χ3n) is 2.04. The summed E-state index contributed by atoms with van der Waals surface area (Å²) < 4.78 is 0. The molecule has 0 amide bonds. The molecule has 3 N–H and O–H groups in total. The Morgan fingerprint density at radius 1 is 1.73 bits per heavy atom. The van der Waals surface area contributed by atoms with Gasteiger partial charge >= 0.3 is 5.00 Å². The van der Waals surface area contributed by atoms with Crippen molar-refractivity contribution < 1.29 is 4.92 Å². The normalized spacial score (nSPS) is 12.8. The maximum Gasteiger partial charge on any atom is 0.345 e. The van der Waals surface area contributed by atoms with E-state index in [4.69, 9.17) is 5.73 Å². The number of anilines is 1. The van der Waals surface area contributed by atoms with Crippen molar-refractivity contribution in [2.75, 3.05) is 11.9 Å². The van der Waals surface area contributed by atoms with Gasteiger partial charge in [-0.1, -0.05) is 13.8 Å². The van der Waals surface area contributed by atoms with Crippen molar-refractivity contribution in [3.05, 3.63) is 16.3 Å². The van der Waals surface area contributed by atoms with Crippen molar-refractivity contribution in [2.24, 2.45) is 11.7 Å². The van der Waals surface area contributed by atoms with Crippen LogP contribution in [0.15, 0.2) is 6.20 Å². The van der Waals surface area contributed by atoms with Crippen molar-refractivity contribution in [2.45, 2.75) is 19.9 Å². The highest BCUT2D eigenvalue weighted by molar-refractivity contribution is 7.18. The number of aromatic nitrogens is 1. The summed E-state index contributed by atoms with van der Waals surface area (Å²) in [4.78, 5) is 13.9. The molecule has 1 aromatic rings. The van der Waals surface area contributed by atoms with Gasteiger partial charge in [0.25, 0.3) is 0 Å². The Hall–Kier alpha value is -1.21. The van der Waals surface area contributed by atoms with Gasteiger partial charge in [0.2, 0.25) is 0 Å². The number of hydrogen-bond acceptors (Lipinski definition) is 6. The molecule has 7 heteroatoms. The van der Waals surface area contributed by atoms with Crippen molar-refractivity contribution in [1.29, 1.82) is 0 Å². The highest BCUT2D eigenvalue weighted by atomic mass is 32.1. The minimum Gasteiger partial charge on any atom is -0.357 e. The van der Waals surface area contributed by atoms with Gasteiger partial charge < -0.3 is 11.1 Å². The zero-order chi connectivity index (χ0) is 11.4. The minimum absolute atomic E-state index is 0.0389. The SMILES string of the molecule is CC(C)C(CN)Nc1ncc([N+](=O)[O-])s1. The van der Waals surface area contributed by atoms with Crippen molar-refractivity contribution >= 4 is 21.5 Å². The highest BCUT2D eigenvalue weighted by Crippen LogP contribution is 2.26. The lowest BCUT2D eigenvalue weighted by Gasteiger charge is -2.19. The van der Waals surface area contributed by atoms with Crippen LogP contribution in [0, 0.1) is 16.0 Å². The van der Waals surface area contributed by atoms with Crippen LogP contribution in [-0.4, -0.2) is 22.5 Å². The lowest BCUT2D eigenvalue weighted by Crippen LogP contribution is -2.33. The monoisotopic (exact) mass is 230 g/mol. The van der Waals surface area contributed by atoms with Gasteiger partial charge in [-0.2, -0.15) is 0 Å². The summed E-state index contributed by atoms with van der Waals surface area (Å²) in [6, 6.07) is 0.0933. The van der Waals surface area contributed by atoms with Gasteiger partial charge in [-0.05, 0) is 17.3 Å². The maximum absolute atomic E-state index is 10.4. The molecule has 0 fully saturated rings. The van der Waals surface area contributed by atoms with Crippen molar-refractivity contribution in [3.63, 3.8) is 0 Å². The Morgan fingerprint density at radius 2 is 2.40 bits per heavy atom. The van der Waals surface area contributed by atoms with E-state index in [0.29, 0.717) is 17.6 Å². The molecule has 0 spiro atoms. The van der Waals surface area contributed by atoms with E-state index in [-0.39, 0.29) is 11.0 Å². The topological polar surface area (TPSA) is 94.1 Å². The standard InChI is InChI=1S/C8H14N4O2S/c1-5(2)6(3-9)11-8-10-4-7(15-8)12(13)14/h4-6H,3,9H2,1-2H3,(H,10,11). The molecule has 0 aliphatic carbocycles. The van der Waals surface area contributed by atoms with Gasteiger partial charge in [0, 0.05) is 12.6 Å². The molecule has 1 unspecified atom stereocenters. The number of nitrogens with zero attached hydrogens (tertiary/aromatic N) is 2. The Labute approximate surface area is 91.7 Å². The van der Waals surface area contributed by atoms with Crippen LogP contribution in [0.5, 0.6) is 0 Å². The maximum atomic E-state index is 10.4. The van der Waals surface area contributed by atoms with E-state index in [1.54, 1.807) is 0 Å². The second-order valence-corrected chi connectivity index (χ2v) is 4.50. The van der Waals surface area contributed by atoms with Crippen molar-refractivity contribution in [1.82, 2.24) is 4.98 Å². The van der Waals surface area contributed by atoms with Crippen LogP contribution in [0.4, 0.5) is 10.1 Å². The molecule has 0 saturated carbocycles. The van der Waals surface area contributed by atoms with E-state index in [0.717, 1.165) is 11.3 Å². The van der Waals surface area contributed by atoms with Gasteiger partial charge in [0.1, 0.15) is 6.20 Å². The van der Waals surface area contributed by atoms with Crippen molar-refractivity contribution in [3.8, 4) is 0 Å². The Balaban J connectivity index is 2.67. The van der Waals surface area contributed by atoms with E-state index in [9.17, 15) is 10.1 Å². The van der Waals surface area contributed by atoms with Gasteiger partial charge in [-0.15, -0.1) is 0 Å². The first-order chi connectivity index (χ1) is 7.04. The van der Waals surface area contributed by atoms with E-state index in [2.05, 4.69) is 10.3 Å². The quantitative estimate of drug-likeness (QED) is 0.589. The van der Waals surface area contributed by atoms with E-state index < -0.39 is 4.92 Å². The molecule has 1 aromatic heterocycles. The number of rotatable bonds is 5. The molecule has 1 rings (SSSR count). The first-order valence-electron chi connectivity index (χ1n) is 4.61. The zero-order valence-electron chi connectivity index (χ0n) is 8.64. The van der Waals surface area contributed by atoms with Gasteiger partial charge in [-0.3, -0.25) is 10.1 Å². The molecule has 0 aliphatic heterocycles. The summed E-state index contributed by atoms with van der Waals surface area (Å²) >= 11 is 1.03. The molecule has 6 nitrogen and oxygen atoms in total. The fraction of sp³-hybridized carbons (Fsp3) is 0.625. The van der Waals surface area contributed by atoms with Crippen LogP contribution in [0.25, 0.3) is 0 Å². The summed E-state index contributed by atoms with van der Waals surface area (Å²) in [5.41, 5.74) is 5.57. The molecule has 0 saturated heterocycles. The molecule has 0 bridgehead atoms. The Morgan fingerprint density at radius 3 is 2.80 bits per heavy atom. The largest absolute Gasteiger partial charge is 0.357 e. The summed E-state index contributed by atoms with van der Waals surface area (Å²) in [7, 11) is 0. The fourth-order valence-electron chi connectivity index (χ4n) is 1.07. The lowest BCUT2D eigenvalue weighted by molar-refractivity contribution is -0.380. The zero-order valence-corrected chi connectivity index (χ0v) is 9.45. The highest BCUT2D eigenvalue weighted by Gasteiger charge is 2.16.